The summed E-state index contributed by atoms with van der Waals surface area (Å²) in [6.45, 7) is 16.0. The molecule has 0 saturated heterocycles. The van der Waals surface area contributed by atoms with E-state index >= 15 is 0 Å². The minimum Gasteiger partial charge on any atom is -1.00 e. The van der Waals surface area contributed by atoms with Gasteiger partial charge in [0.1, 0.15) is 17.0 Å². The molecule has 27 nitrogen and oxygen atoms in total. The monoisotopic (exact) mass is 1650 g/mol. The van der Waals surface area contributed by atoms with E-state index in [9.17, 15) is 43.5 Å². The van der Waals surface area contributed by atoms with Crippen LogP contribution in [0.1, 0.15) is 172 Å². The predicted molar refractivity (Wildman–Crippen MR) is 439 cm³/mol. The van der Waals surface area contributed by atoms with Crippen LogP contribution in [0.3, 0.4) is 0 Å². The van der Waals surface area contributed by atoms with E-state index in [0.717, 1.165) is 98.1 Å². The number of nitrogens with zero attached hydrogens (tertiary/aromatic N) is 2. The highest BCUT2D eigenvalue weighted by Crippen LogP contribution is 2.37. The molecular weight excluding hydrogens is 1530 g/mol. The molecule has 8 rings (SSSR count). The van der Waals surface area contributed by atoms with E-state index in [1.807, 2.05) is 70.2 Å². The van der Waals surface area contributed by atoms with Crippen molar-refractivity contribution in [2.45, 2.75) is 150 Å². The molecule has 0 unspecified atom stereocenters. The molecule has 8 N–H and O–H groups in total. The van der Waals surface area contributed by atoms with Gasteiger partial charge in [-0.3, -0.25) is 14.4 Å². The van der Waals surface area contributed by atoms with Crippen LogP contribution < -0.4 is 38.6 Å². The number of amides is 2. The Hall–Kier alpha value is -8.32. The van der Waals surface area contributed by atoms with Crippen LogP contribution in [0.15, 0.2) is 91.0 Å². The number of methoxy groups -OCH3 is 11. The van der Waals surface area contributed by atoms with E-state index in [-0.39, 0.29) is 109 Å². The number of aryl methyl sites for hydroxylation is 4. The number of aliphatic hydroxyl groups is 2. The van der Waals surface area contributed by atoms with Crippen molar-refractivity contribution >= 4 is 86.9 Å². The normalized spacial score (nSPS) is 16.7. The van der Waals surface area contributed by atoms with Gasteiger partial charge in [-0.2, -0.15) is 0 Å². The van der Waals surface area contributed by atoms with Crippen molar-refractivity contribution in [3.8, 4) is 5.75 Å². The summed E-state index contributed by atoms with van der Waals surface area (Å²) < 4.78 is 55.6. The number of halogens is 2. The van der Waals surface area contributed by atoms with Gasteiger partial charge in [0.25, 0.3) is 0 Å². The Balaban J connectivity index is 0.000000483. The van der Waals surface area contributed by atoms with Gasteiger partial charge in [0, 0.05) is 77.9 Å². The van der Waals surface area contributed by atoms with Crippen LogP contribution in [0.2, 0.25) is 0 Å². The average Bonchev–Trinajstić information content (AvgIpc) is 0.798. The lowest BCUT2D eigenvalue weighted by molar-refractivity contribution is -0.255. The van der Waals surface area contributed by atoms with Gasteiger partial charge >= 0.3 is 29.8 Å². The number of anilines is 4. The molecule has 0 aromatic heterocycles. The number of nitrogens with one attached hydrogen (secondary N) is 2. The molecule has 2 amide bonds. The molecule has 5 aromatic carbocycles. The first-order valence-corrected chi connectivity index (χ1v) is 38.8. The van der Waals surface area contributed by atoms with Crippen molar-refractivity contribution in [2.75, 3.05) is 151 Å². The van der Waals surface area contributed by atoms with Crippen molar-refractivity contribution in [2.24, 2.45) is 35.5 Å². The summed E-state index contributed by atoms with van der Waals surface area (Å²) in [5.41, 5.74) is 12.5. The molecule has 5 aromatic rings. The maximum absolute atomic E-state index is 13.6. The topological polar surface area (TPSA) is 357 Å². The summed E-state index contributed by atoms with van der Waals surface area (Å²) in [6.07, 6.45) is 11.8. The van der Waals surface area contributed by atoms with Gasteiger partial charge in [0.15, 0.2) is 0 Å². The quantitative estimate of drug-likeness (QED) is 0.0142. The Morgan fingerprint density at radius 1 is 0.400 bits per heavy atom. The van der Waals surface area contributed by atoms with Crippen molar-refractivity contribution in [1.29, 1.82) is 0 Å². The fourth-order valence-electron chi connectivity index (χ4n) is 13.4. The second kappa shape index (κ2) is 55.3. The maximum atomic E-state index is 13.6. The minimum atomic E-state index is -0.616. The molecule has 3 saturated carbocycles. The fourth-order valence-corrected chi connectivity index (χ4v) is 13.6. The number of benzene rings is 5. The first-order chi connectivity index (χ1) is 54.4. The molecule has 0 radical (unpaired) electrons. The average molecular weight is 1650 g/mol. The minimum absolute atomic E-state index is 0. The third kappa shape index (κ3) is 34.0. The summed E-state index contributed by atoms with van der Waals surface area (Å²) in [5.74, 6) is -0.260. The zero-order chi connectivity index (χ0) is 85.1. The maximum Gasteiger partial charge on any atom is 0.343 e. The number of quaternary nitrogens is 1. The zero-order valence-corrected chi connectivity index (χ0v) is 72.0. The Morgan fingerprint density at radius 3 is 1.03 bits per heavy atom. The number of carbonyl (C=O) groups is 8. The summed E-state index contributed by atoms with van der Waals surface area (Å²) in [7, 11) is 16.2. The molecule has 3 fully saturated rings. The summed E-state index contributed by atoms with van der Waals surface area (Å²) in [6, 6.07) is 24.9. The first-order valence-electron chi connectivity index (χ1n) is 38.5. The van der Waals surface area contributed by atoms with Crippen molar-refractivity contribution in [1.82, 2.24) is 0 Å². The van der Waals surface area contributed by atoms with E-state index in [2.05, 4.69) is 46.6 Å². The molecule has 3 aliphatic rings. The SMILES string of the molecule is CC1CCC(C(=O)Cl)CC1.COC(=O)c1cc(C)ccc1NC(CO)CO.COC(=O)c1cc(C)ccc1[NH3+].COCC(COC)N(C(=O)C1CCC(C)CC1)c1ccc(C)cc1C(=O)OC.COCC(COC)N(C(=O)C1CCC(C)CC1)c1ccc(O)cc1C(=O)OC.COCC(COC)Nc1ccc(C)cc1C(=O)OC.[Cl-]. The van der Waals surface area contributed by atoms with Gasteiger partial charge in [-0.1, -0.05) is 61.7 Å². The number of esters is 5. The summed E-state index contributed by atoms with van der Waals surface area (Å²) in [4.78, 5) is 100. The highest BCUT2D eigenvalue weighted by atomic mass is 35.5. The number of aliphatic hydroxyl groups excluding tert-OH is 2. The van der Waals surface area contributed by atoms with E-state index in [1.165, 1.54) is 60.5 Å². The van der Waals surface area contributed by atoms with Crippen LogP contribution in [-0.4, -0.2) is 217 Å². The van der Waals surface area contributed by atoms with Gasteiger partial charge in [0.05, 0.1) is 146 Å². The van der Waals surface area contributed by atoms with Crippen LogP contribution in [0.4, 0.5) is 28.4 Å². The molecule has 0 bridgehead atoms. The van der Waals surface area contributed by atoms with Crippen molar-refractivity contribution in [3.63, 3.8) is 0 Å². The molecule has 0 heterocycles. The van der Waals surface area contributed by atoms with Gasteiger partial charge in [-0.15, -0.1) is 0 Å². The standard InChI is InChI=1S/C22H33NO5.C21H31NO6.C14H21NO4.C12H17NO4.C9H11NO2.C8H13ClO.ClH/c1-15-6-9-17(10-7-15)21(24)23(18(13-26-3)14-27-4)20-11-8-16(2)12-19(20)22(25)28-5;1-14-5-7-15(8-6-14)20(24)22(16(12-26-2)13-27-3)19-10-9-17(23)11-18(19)21(25)28-4;1-10-5-6-13(12(7-10)14(16)19-4)15-11(8-17-2)9-18-3;1-8-3-4-11(13-9(6-14)7-15)10(5-8)12(16)17-2;1-6-3-4-8(10)7(5-6)9(11)12-2;1-6-2-4-7(5-3-6)8(9)10;/h8,11-12,15,17-18H,6-7,9-10,13-14H2,1-5H3;9-11,14-16,23H,5-8,12-13H2,1-4H3;5-7,11,15H,8-9H2,1-4H3;3-5,9,13-15H,6-7H2,1-2H3;3-5H,10H2,1-2H3;6-7H,2-5H2,1H3;1H. The first kappa shape index (κ1) is 103. The van der Waals surface area contributed by atoms with Gasteiger partial charge in [-0.05, 0) is 200 Å². The molecule has 115 heavy (non-hydrogen) atoms. The lowest BCUT2D eigenvalue weighted by Crippen LogP contribution is -3.00. The summed E-state index contributed by atoms with van der Waals surface area (Å²) in [5, 5.41) is 33.8. The number of phenolic OH excluding ortho intramolecular Hbond substituents is 1. The predicted octanol–water partition coefficient (Wildman–Crippen LogP) is 9.24. The van der Waals surface area contributed by atoms with E-state index in [4.69, 9.17) is 64.4 Å². The summed E-state index contributed by atoms with van der Waals surface area (Å²) >= 11 is 5.37. The van der Waals surface area contributed by atoms with Crippen LogP contribution in [0, 0.1) is 63.2 Å². The number of ether oxygens (including phenoxy) is 11. The molecular formula is C86H127Cl2N5O22. The number of phenols is 1. The lowest BCUT2D eigenvalue weighted by atomic mass is 9.82. The highest BCUT2D eigenvalue weighted by Gasteiger charge is 2.38. The third-order valence-electron chi connectivity index (χ3n) is 19.9. The number of rotatable bonds is 30. The third-order valence-corrected chi connectivity index (χ3v) is 20.2. The van der Waals surface area contributed by atoms with E-state index in [0.29, 0.717) is 83.3 Å². The molecule has 3 aliphatic carbocycles. The Kier molecular flexibility index (Phi) is 49.4. The largest absolute Gasteiger partial charge is 1.00 e. The number of hydrogen-bond donors (Lipinski definition) is 6. The van der Waals surface area contributed by atoms with Crippen LogP contribution >= 0.6 is 11.6 Å². The molecule has 0 atom stereocenters. The molecule has 29 heteroatoms. The van der Waals surface area contributed by atoms with Crippen LogP contribution in [-0.2, 0) is 66.5 Å². The zero-order valence-electron chi connectivity index (χ0n) is 70.5. The van der Waals surface area contributed by atoms with Gasteiger partial charge in [-0.25, -0.2) is 24.0 Å². The fraction of sp³-hybridized carbons (Fsp3) is 0.558. The van der Waals surface area contributed by atoms with E-state index < -0.39 is 30.0 Å². The number of aromatic hydroxyl groups is 1. The molecule has 642 valence electrons. The highest BCUT2D eigenvalue weighted by molar-refractivity contribution is 6.64. The second-order valence-electron chi connectivity index (χ2n) is 29.1. The van der Waals surface area contributed by atoms with Gasteiger partial charge in [0.2, 0.25) is 17.1 Å². The smallest absolute Gasteiger partial charge is 0.343 e. The van der Waals surface area contributed by atoms with Crippen molar-refractivity contribution < 1.29 is 124 Å². The Morgan fingerprint density at radius 2 is 0.687 bits per heavy atom. The Labute approximate surface area is 690 Å². The van der Waals surface area contributed by atoms with Crippen molar-refractivity contribution in [3.05, 3.63) is 141 Å². The molecule has 0 aliphatic heterocycles. The van der Waals surface area contributed by atoms with Gasteiger partial charge < -0.3 is 106 Å². The second-order valence-corrected chi connectivity index (χ2v) is 29.5. The van der Waals surface area contributed by atoms with E-state index in [1.54, 1.807) is 88.9 Å². The molecule has 0 spiro atoms. The van der Waals surface area contributed by atoms with Crippen LogP contribution in [0.25, 0.3) is 0 Å². The van der Waals surface area contributed by atoms with Crippen LogP contribution in [0.5, 0.6) is 5.75 Å². The number of carbonyl (C=O) groups excluding carboxylic acids is 8. The number of hydrogen-bond acceptors (Lipinski definition) is 24. The lowest BCUT2D eigenvalue weighted by Gasteiger charge is -2.36. The Bertz CT molecular complexity index is 3650.